The van der Waals surface area contributed by atoms with Gasteiger partial charge in [-0.3, -0.25) is 14.4 Å². The molecule has 0 spiro atoms. The number of aliphatic hydroxyl groups is 2. The van der Waals surface area contributed by atoms with Crippen molar-refractivity contribution >= 4 is 63.9 Å². The number of nitrogens with zero attached hydrogens (tertiary/aromatic N) is 1. The molecule has 12 heteroatoms. The number of nitrogens with one attached hydrogen (secondary N) is 1. The minimum absolute atomic E-state index is 0.00232. The third-order valence-electron chi connectivity index (χ3n) is 7.13. The number of ether oxygens (including phenoxy) is 2. The first-order chi connectivity index (χ1) is 21.1. The average Bonchev–Trinajstić information content (AvgIpc) is 3.01. The second-order valence-electron chi connectivity index (χ2n) is 10.1. The highest BCUT2D eigenvalue weighted by molar-refractivity contribution is 14.1. The van der Waals surface area contributed by atoms with Crippen LogP contribution in [-0.2, 0) is 22.6 Å². The molecule has 0 fully saturated rings. The van der Waals surface area contributed by atoms with Crippen LogP contribution in [0.4, 0.5) is 0 Å². The molecule has 0 saturated carbocycles. The Kier molecular flexibility index (Phi) is 12.0. The van der Waals surface area contributed by atoms with E-state index in [9.17, 15) is 24.6 Å². The van der Waals surface area contributed by atoms with Crippen molar-refractivity contribution in [1.29, 1.82) is 0 Å². The van der Waals surface area contributed by atoms with Crippen molar-refractivity contribution < 1.29 is 34.1 Å². The van der Waals surface area contributed by atoms with E-state index in [1.807, 2.05) is 52.9 Å². The minimum atomic E-state index is -1.29. The van der Waals surface area contributed by atoms with Gasteiger partial charge in [0.15, 0.2) is 11.5 Å². The summed E-state index contributed by atoms with van der Waals surface area (Å²) in [6.07, 6.45) is -0.159. The number of hydrogen-bond donors (Lipinski definition) is 3. The highest BCUT2D eigenvalue weighted by atomic mass is 127. The van der Waals surface area contributed by atoms with Gasteiger partial charge >= 0.3 is 0 Å². The standard InChI is InChI=1S/C32H31Cl2IN2O7/c1-43-28-12-20(18-39)11-25(35)31(28)44-27-15-22(32(42)36-9-10-38)14-26(30(27)41)37(17-21-7-8-23(33)16-24(21)34)29(40)13-19-5-3-2-4-6-19/h2-8,11-12,15-16,18,26-27,30,38,41H,9-10,13-14,17H2,1H3,(H,36,42). The Morgan fingerprint density at radius 3 is 2.55 bits per heavy atom. The van der Waals surface area contributed by atoms with E-state index in [0.29, 0.717) is 31.0 Å². The molecular weight excluding hydrogens is 722 g/mol. The molecule has 3 atom stereocenters. The van der Waals surface area contributed by atoms with E-state index in [1.165, 1.54) is 24.2 Å². The summed E-state index contributed by atoms with van der Waals surface area (Å²) in [5, 5.41) is 24.5. The molecule has 2 amide bonds. The molecule has 0 radical (unpaired) electrons. The van der Waals surface area contributed by atoms with E-state index < -0.39 is 24.2 Å². The number of aliphatic hydroxyl groups excluding tert-OH is 2. The lowest BCUT2D eigenvalue weighted by Gasteiger charge is -2.41. The summed E-state index contributed by atoms with van der Waals surface area (Å²) in [5.74, 6) is -0.248. The van der Waals surface area contributed by atoms with Crippen molar-refractivity contribution in [2.24, 2.45) is 0 Å². The Morgan fingerprint density at radius 2 is 1.89 bits per heavy atom. The van der Waals surface area contributed by atoms with Gasteiger partial charge in [0.25, 0.3) is 0 Å². The zero-order valence-corrected chi connectivity index (χ0v) is 27.4. The Bertz CT molecular complexity index is 1540. The second-order valence-corrected chi connectivity index (χ2v) is 12.1. The number of halogens is 3. The molecule has 9 nitrogen and oxygen atoms in total. The van der Waals surface area contributed by atoms with Crippen molar-refractivity contribution in [3.05, 3.63) is 103 Å². The summed E-state index contributed by atoms with van der Waals surface area (Å²) in [4.78, 5) is 40.1. The predicted molar refractivity (Wildman–Crippen MR) is 175 cm³/mol. The fraction of sp³-hybridized carbons (Fsp3) is 0.281. The maximum Gasteiger partial charge on any atom is 0.247 e. The first-order valence-electron chi connectivity index (χ1n) is 13.7. The van der Waals surface area contributed by atoms with Crippen LogP contribution in [0.2, 0.25) is 10.0 Å². The molecule has 0 saturated heterocycles. The summed E-state index contributed by atoms with van der Waals surface area (Å²) in [6, 6.07) is 16.3. The van der Waals surface area contributed by atoms with Crippen LogP contribution in [0.15, 0.2) is 72.3 Å². The molecule has 44 heavy (non-hydrogen) atoms. The number of hydrogen-bond acceptors (Lipinski definition) is 7. The summed E-state index contributed by atoms with van der Waals surface area (Å²) in [6.45, 7) is -0.221. The normalized spacial score (nSPS) is 17.8. The maximum atomic E-state index is 14.0. The predicted octanol–water partition coefficient (Wildman–Crippen LogP) is 4.61. The molecule has 1 aliphatic carbocycles. The van der Waals surface area contributed by atoms with Gasteiger partial charge < -0.3 is 29.9 Å². The van der Waals surface area contributed by atoms with Crippen LogP contribution in [0.3, 0.4) is 0 Å². The molecule has 0 aromatic heterocycles. The topological polar surface area (TPSA) is 125 Å². The Hall–Kier alpha value is -3.16. The largest absolute Gasteiger partial charge is 0.493 e. The zero-order chi connectivity index (χ0) is 31.8. The summed E-state index contributed by atoms with van der Waals surface area (Å²) < 4.78 is 12.3. The van der Waals surface area contributed by atoms with Gasteiger partial charge in [0.2, 0.25) is 11.8 Å². The molecule has 0 heterocycles. The van der Waals surface area contributed by atoms with Crippen LogP contribution in [0, 0.1) is 3.57 Å². The van der Waals surface area contributed by atoms with Crippen molar-refractivity contribution in [3.8, 4) is 11.5 Å². The van der Waals surface area contributed by atoms with Gasteiger partial charge in [-0.25, -0.2) is 0 Å². The molecule has 1 aliphatic rings. The van der Waals surface area contributed by atoms with E-state index in [-0.39, 0.29) is 55.5 Å². The number of amides is 2. The Morgan fingerprint density at radius 1 is 1.14 bits per heavy atom. The van der Waals surface area contributed by atoms with Gasteiger partial charge in [-0.15, -0.1) is 0 Å². The fourth-order valence-corrected chi connectivity index (χ4v) is 6.15. The number of carbonyl (C=O) groups is 3. The lowest BCUT2D eigenvalue weighted by Crippen LogP contribution is -2.55. The van der Waals surface area contributed by atoms with E-state index in [1.54, 1.807) is 24.3 Å². The number of carbonyl (C=O) groups excluding carboxylic acids is 3. The van der Waals surface area contributed by atoms with Gasteiger partial charge in [-0.05, 0) is 64.1 Å². The monoisotopic (exact) mass is 752 g/mol. The third-order valence-corrected chi connectivity index (χ3v) is 8.52. The van der Waals surface area contributed by atoms with Gasteiger partial charge in [-0.2, -0.15) is 0 Å². The van der Waals surface area contributed by atoms with E-state index >= 15 is 0 Å². The molecule has 3 aromatic carbocycles. The first-order valence-corrected chi connectivity index (χ1v) is 15.5. The Balaban J connectivity index is 1.76. The van der Waals surface area contributed by atoms with Crippen molar-refractivity contribution in [1.82, 2.24) is 10.2 Å². The number of methoxy groups -OCH3 is 1. The number of aldehydes is 1. The van der Waals surface area contributed by atoms with Crippen molar-refractivity contribution in [3.63, 3.8) is 0 Å². The van der Waals surface area contributed by atoms with Gasteiger partial charge in [0, 0.05) is 40.7 Å². The molecule has 0 aliphatic heterocycles. The van der Waals surface area contributed by atoms with Crippen molar-refractivity contribution in [2.45, 2.75) is 37.6 Å². The molecule has 3 aromatic rings. The zero-order valence-electron chi connectivity index (χ0n) is 23.7. The molecule has 3 unspecified atom stereocenters. The van der Waals surface area contributed by atoms with Crippen LogP contribution >= 0.6 is 45.8 Å². The summed E-state index contributed by atoms with van der Waals surface area (Å²) in [5.41, 5.74) is 2.01. The molecule has 0 bridgehead atoms. The van der Waals surface area contributed by atoms with Gasteiger partial charge in [0.1, 0.15) is 18.5 Å². The van der Waals surface area contributed by atoms with E-state index in [0.717, 1.165) is 5.56 Å². The van der Waals surface area contributed by atoms with E-state index in [4.69, 9.17) is 32.7 Å². The smallest absolute Gasteiger partial charge is 0.247 e. The average molecular weight is 753 g/mol. The molecule has 3 N–H and O–H groups in total. The highest BCUT2D eigenvalue weighted by Gasteiger charge is 2.41. The van der Waals surface area contributed by atoms with Gasteiger partial charge in [-0.1, -0.05) is 59.6 Å². The quantitative estimate of drug-likeness (QED) is 0.183. The van der Waals surface area contributed by atoms with Crippen LogP contribution in [0.25, 0.3) is 0 Å². The SMILES string of the molecule is COc1cc(C=O)cc(I)c1OC1C=C(C(=O)NCCO)CC(N(Cc2ccc(Cl)cc2Cl)C(=O)Cc2ccccc2)C1O. The Labute approximate surface area is 278 Å². The van der Waals surface area contributed by atoms with Crippen LogP contribution < -0.4 is 14.8 Å². The van der Waals surface area contributed by atoms with Crippen LogP contribution in [0.1, 0.15) is 27.9 Å². The molecule has 4 rings (SSSR count). The second kappa shape index (κ2) is 15.7. The lowest BCUT2D eigenvalue weighted by atomic mass is 9.87. The molecule has 232 valence electrons. The van der Waals surface area contributed by atoms with Crippen LogP contribution in [-0.4, -0.2) is 71.7 Å². The van der Waals surface area contributed by atoms with Crippen LogP contribution in [0.5, 0.6) is 11.5 Å². The van der Waals surface area contributed by atoms with Crippen molar-refractivity contribution in [2.75, 3.05) is 20.3 Å². The highest BCUT2D eigenvalue weighted by Crippen LogP contribution is 2.37. The van der Waals surface area contributed by atoms with Gasteiger partial charge in [0.05, 0.1) is 29.7 Å². The fourth-order valence-electron chi connectivity index (χ4n) is 4.93. The maximum absolute atomic E-state index is 14.0. The summed E-state index contributed by atoms with van der Waals surface area (Å²) in [7, 11) is 1.43. The first kappa shape index (κ1) is 33.7. The lowest BCUT2D eigenvalue weighted by molar-refractivity contribution is -0.138. The molecular formula is C32H31Cl2IN2O7. The third kappa shape index (κ3) is 8.30. The minimum Gasteiger partial charge on any atom is -0.493 e. The van der Waals surface area contributed by atoms with E-state index in [2.05, 4.69) is 5.32 Å². The number of benzene rings is 3. The summed E-state index contributed by atoms with van der Waals surface area (Å²) >= 11 is 14.6. The number of rotatable bonds is 12.